The average Bonchev–Trinajstić information content (AvgIpc) is 2.40. The molecule has 2 nitrogen and oxygen atoms in total. The normalized spacial score (nSPS) is 17.1. The lowest BCUT2D eigenvalue weighted by Gasteiger charge is -2.34. The van der Waals surface area contributed by atoms with Crippen molar-refractivity contribution in [3.63, 3.8) is 0 Å². The van der Waals surface area contributed by atoms with E-state index in [0.29, 0.717) is 0 Å². The molecule has 0 atom stereocenters. The molecule has 0 amide bonds. The van der Waals surface area contributed by atoms with Crippen LogP contribution in [0.2, 0.25) is 0 Å². The maximum atomic E-state index is 11.0. The minimum atomic E-state index is 0.821. The van der Waals surface area contributed by atoms with E-state index in [2.05, 4.69) is 17.9 Å². The quantitative estimate of drug-likeness (QED) is 0.739. The molecule has 2 heteroatoms. The van der Waals surface area contributed by atoms with Gasteiger partial charge in [-0.2, -0.15) is 0 Å². The highest BCUT2D eigenvalue weighted by Gasteiger charge is 2.19. The van der Waals surface area contributed by atoms with Crippen LogP contribution in [-0.4, -0.2) is 19.4 Å². The van der Waals surface area contributed by atoms with Gasteiger partial charge in [-0.1, -0.05) is 31.9 Å². The van der Waals surface area contributed by atoms with Crippen molar-refractivity contribution < 1.29 is 4.79 Å². The predicted octanol–water partition coefficient (Wildman–Crippen LogP) is 3.52. The van der Waals surface area contributed by atoms with Gasteiger partial charge in [0, 0.05) is 24.3 Å². The molecule has 0 radical (unpaired) electrons. The van der Waals surface area contributed by atoms with Crippen molar-refractivity contribution in [1.82, 2.24) is 0 Å². The van der Waals surface area contributed by atoms with Gasteiger partial charge in [-0.15, -0.1) is 0 Å². The number of benzene rings is 1. The zero-order valence-corrected chi connectivity index (χ0v) is 10.6. The van der Waals surface area contributed by atoms with Crippen molar-refractivity contribution in [2.75, 3.05) is 18.0 Å². The molecular weight excluding hydrogens is 210 g/mol. The van der Waals surface area contributed by atoms with E-state index in [1.165, 1.54) is 25.7 Å². The van der Waals surface area contributed by atoms with E-state index in [0.717, 1.165) is 36.5 Å². The summed E-state index contributed by atoms with van der Waals surface area (Å²) >= 11 is 0. The number of rotatable bonds is 4. The SMILES string of the molecule is CCCC1CCN(c2ccccc2C=O)CC1. The van der Waals surface area contributed by atoms with E-state index in [1.54, 1.807) is 0 Å². The van der Waals surface area contributed by atoms with Crippen LogP contribution < -0.4 is 4.90 Å². The molecule has 1 aromatic rings. The minimum Gasteiger partial charge on any atom is -0.371 e. The molecule has 0 unspecified atom stereocenters. The monoisotopic (exact) mass is 231 g/mol. The molecule has 1 fully saturated rings. The van der Waals surface area contributed by atoms with E-state index in [-0.39, 0.29) is 0 Å². The number of aldehydes is 1. The van der Waals surface area contributed by atoms with E-state index >= 15 is 0 Å². The van der Waals surface area contributed by atoms with Crippen LogP contribution >= 0.6 is 0 Å². The molecule has 1 aromatic carbocycles. The number of nitrogens with zero attached hydrogens (tertiary/aromatic N) is 1. The van der Waals surface area contributed by atoms with E-state index < -0.39 is 0 Å². The maximum Gasteiger partial charge on any atom is 0.152 e. The Kier molecular flexibility index (Phi) is 4.18. The third kappa shape index (κ3) is 2.87. The summed E-state index contributed by atoms with van der Waals surface area (Å²) < 4.78 is 0. The smallest absolute Gasteiger partial charge is 0.152 e. The highest BCUT2D eigenvalue weighted by atomic mass is 16.1. The lowest BCUT2D eigenvalue weighted by atomic mass is 9.92. The number of para-hydroxylation sites is 1. The van der Waals surface area contributed by atoms with Gasteiger partial charge in [-0.3, -0.25) is 4.79 Å². The fourth-order valence-electron chi connectivity index (χ4n) is 2.75. The second-order valence-electron chi connectivity index (χ2n) is 4.90. The van der Waals surface area contributed by atoms with Crippen LogP contribution in [-0.2, 0) is 0 Å². The average molecular weight is 231 g/mol. The lowest BCUT2D eigenvalue weighted by molar-refractivity contribution is 0.112. The van der Waals surface area contributed by atoms with Crippen LogP contribution in [0.5, 0.6) is 0 Å². The number of hydrogen-bond donors (Lipinski definition) is 0. The molecule has 0 saturated carbocycles. The van der Waals surface area contributed by atoms with Crippen molar-refractivity contribution in [1.29, 1.82) is 0 Å². The molecule has 1 saturated heterocycles. The van der Waals surface area contributed by atoms with Crippen molar-refractivity contribution in [3.8, 4) is 0 Å². The van der Waals surface area contributed by atoms with Crippen LogP contribution in [0, 0.1) is 5.92 Å². The van der Waals surface area contributed by atoms with Crippen molar-refractivity contribution >= 4 is 12.0 Å². The number of carbonyl (C=O) groups is 1. The fraction of sp³-hybridized carbons (Fsp3) is 0.533. The Morgan fingerprint density at radius 2 is 2.00 bits per heavy atom. The van der Waals surface area contributed by atoms with Gasteiger partial charge in [-0.25, -0.2) is 0 Å². The van der Waals surface area contributed by atoms with E-state index in [1.807, 2.05) is 18.2 Å². The summed E-state index contributed by atoms with van der Waals surface area (Å²) in [6.07, 6.45) is 6.13. The first-order valence-electron chi connectivity index (χ1n) is 6.64. The number of carbonyl (C=O) groups excluding carboxylic acids is 1. The zero-order chi connectivity index (χ0) is 12.1. The third-order valence-electron chi connectivity index (χ3n) is 3.72. The minimum absolute atomic E-state index is 0.821. The van der Waals surface area contributed by atoms with Gasteiger partial charge in [0.05, 0.1) is 0 Å². The first kappa shape index (κ1) is 12.2. The molecule has 1 heterocycles. The summed E-state index contributed by atoms with van der Waals surface area (Å²) in [6.45, 7) is 4.44. The van der Waals surface area contributed by atoms with E-state index in [9.17, 15) is 4.79 Å². The highest BCUT2D eigenvalue weighted by Crippen LogP contribution is 2.27. The first-order chi connectivity index (χ1) is 8.35. The third-order valence-corrected chi connectivity index (χ3v) is 3.72. The van der Waals surface area contributed by atoms with Crippen molar-refractivity contribution in [2.45, 2.75) is 32.6 Å². The summed E-state index contributed by atoms with van der Waals surface area (Å²) in [7, 11) is 0. The Labute approximate surface area is 104 Å². The summed E-state index contributed by atoms with van der Waals surface area (Å²) in [4.78, 5) is 13.4. The predicted molar refractivity (Wildman–Crippen MR) is 71.7 cm³/mol. The number of anilines is 1. The van der Waals surface area contributed by atoms with Crippen molar-refractivity contribution in [3.05, 3.63) is 29.8 Å². The van der Waals surface area contributed by atoms with Gasteiger partial charge in [0.1, 0.15) is 0 Å². The zero-order valence-electron chi connectivity index (χ0n) is 10.6. The molecular formula is C15H21NO. The standard InChI is InChI=1S/C15H21NO/c1-2-5-13-8-10-16(11-9-13)15-7-4-3-6-14(15)12-17/h3-4,6-7,12-13H,2,5,8-11H2,1H3. The topological polar surface area (TPSA) is 20.3 Å². The second kappa shape index (κ2) is 5.85. The Hall–Kier alpha value is -1.31. The van der Waals surface area contributed by atoms with Gasteiger partial charge in [0.15, 0.2) is 6.29 Å². The largest absolute Gasteiger partial charge is 0.371 e. The molecule has 0 aliphatic carbocycles. The fourth-order valence-corrected chi connectivity index (χ4v) is 2.75. The Morgan fingerprint density at radius 1 is 1.29 bits per heavy atom. The Morgan fingerprint density at radius 3 is 2.65 bits per heavy atom. The lowest BCUT2D eigenvalue weighted by Crippen LogP contribution is -2.34. The van der Waals surface area contributed by atoms with E-state index in [4.69, 9.17) is 0 Å². The van der Waals surface area contributed by atoms with Crippen LogP contribution in [0.15, 0.2) is 24.3 Å². The summed E-state index contributed by atoms with van der Waals surface area (Å²) in [5.74, 6) is 0.889. The van der Waals surface area contributed by atoms with Crippen LogP contribution in [0.1, 0.15) is 43.0 Å². The van der Waals surface area contributed by atoms with Gasteiger partial charge >= 0.3 is 0 Å². The van der Waals surface area contributed by atoms with Gasteiger partial charge in [0.25, 0.3) is 0 Å². The molecule has 17 heavy (non-hydrogen) atoms. The van der Waals surface area contributed by atoms with Gasteiger partial charge in [0.2, 0.25) is 0 Å². The molecule has 0 spiro atoms. The van der Waals surface area contributed by atoms with Crippen LogP contribution in [0.4, 0.5) is 5.69 Å². The molecule has 92 valence electrons. The Balaban J connectivity index is 2.02. The van der Waals surface area contributed by atoms with Crippen LogP contribution in [0.3, 0.4) is 0 Å². The van der Waals surface area contributed by atoms with Gasteiger partial charge in [-0.05, 0) is 30.9 Å². The molecule has 0 aromatic heterocycles. The molecule has 0 bridgehead atoms. The molecule has 1 aliphatic rings. The summed E-state index contributed by atoms with van der Waals surface area (Å²) in [5.41, 5.74) is 1.93. The summed E-state index contributed by atoms with van der Waals surface area (Å²) in [6, 6.07) is 7.90. The Bertz CT molecular complexity index is 367. The molecule has 1 aliphatic heterocycles. The number of hydrogen-bond acceptors (Lipinski definition) is 2. The molecule has 0 N–H and O–H groups in total. The maximum absolute atomic E-state index is 11.0. The molecule has 2 rings (SSSR count). The first-order valence-corrected chi connectivity index (χ1v) is 6.64. The van der Waals surface area contributed by atoms with Gasteiger partial charge < -0.3 is 4.90 Å². The number of piperidine rings is 1. The second-order valence-corrected chi connectivity index (χ2v) is 4.90. The highest BCUT2D eigenvalue weighted by molar-refractivity contribution is 5.84. The van der Waals surface area contributed by atoms with Crippen molar-refractivity contribution in [2.24, 2.45) is 5.92 Å². The van der Waals surface area contributed by atoms with Crippen LogP contribution in [0.25, 0.3) is 0 Å². The summed E-state index contributed by atoms with van der Waals surface area (Å²) in [5, 5.41) is 0.